The van der Waals surface area contributed by atoms with Gasteiger partial charge in [-0.15, -0.1) is 0 Å². The van der Waals surface area contributed by atoms with Gasteiger partial charge in [0.25, 0.3) is 0 Å². The highest BCUT2D eigenvalue weighted by Gasteiger charge is 2.03. The molecular formula is C15H16FNO2. The fourth-order valence-electron chi connectivity index (χ4n) is 1.78. The molecule has 2 rings (SSSR count). The van der Waals surface area contributed by atoms with Gasteiger partial charge < -0.3 is 9.72 Å². The van der Waals surface area contributed by atoms with E-state index in [9.17, 15) is 9.18 Å². The van der Waals surface area contributed by atoms with Gasteiger partial charge in [0, 0.05) is 28.7 Å². The second kappa shape index (κ2) is 6.18. The highest BCUT2D eigenvalue weighted by molar-refractivity contribution is 5.94. The molecule has 1 aromatic heterocycles. The van der Waals surface area contributed by atoms with E-state index in [0.29, 0.717) is 6.61 Å². The van der Waals surface area contributed by atoms with E-state index in [4.69, 9.17) is 4.74 Å². The van der Waals surface area contributed by atoms with Crippen molar-refractivity contribution >= 4 is 22.9 Å². The standard InChI is InChI=1S/C15H16FNO2/c1-2-3-8-19-15(18)7-4-11-10-17-14-6-5-12(16)9-13(11)14/h4-7,9-10,17H,2-3,8H2,1H3/b7-4+. The van der Waals surface area contributed by atoms with Gasteiger partial charge in [0.2, 0.25) is 0 Å². The second-order valence-corrected chi connectivity index (χ2v) is 4.29. The molecule has 0 bridgehead atoms. The third kappa shape index (κ3) is 3.44. The number of nitrogens with one attached hydrogen (secondary N) is 1. The first-order valence-corrected chi connectivity index (χ1v) is 6.32. The number of carbonyl (C=O) groups is 1. The minimum absolute atomic E-state index is 0.299. The molecule has 0 saturated carbocycles. The fourth-order valence-corrected chi connectivity index (χ4v) is 1.78. The quantitative estimate of drug-likeness (QED) is 0.507. The summed E-state index contributed by atoms with van der Waals surface area (Å²) in [6, 6.07) is 4.50. The lowest BCUT2D eigenvalue weighted by Gasteiger charge is -1.98. The van der Waals surface area contributed by atoms with E-state index in [-0.39, 0.29) is 11.8 Å². The normalized spacial score (nSPS) is 11.3. The fraction of sp³-hybridized carbons (Fsp3) is 0.267. The molecule has 0 amide bonds. The topological polar surface area (TPSA) is 42.1 Å². The van der Waals surface area contributed by atoms with Crippen LogP contribution < -0.4 is 0 Å². The predicted molar refractivity (Wildman–Crippen MR) is 73.2 cm³/mol. The molecule has 0 saturated heterocycles. The Kier molecular flexibility index (Phi) is 4.34. The van der Waals surface area contributed by atoms with Gasteiger partial charge >= 0.3 is 5.97 Å². The van der Waals surface area contributed by atoms with Crippen molar-refractivity contribution in [3.05, 3.63) is 41.9 Å². The number of hydrogen-bond acceptors (Lipinski definition) is 2. The molecule has 19 heavy (non-hydrogen) atoms. The van der Waals surface area contributed by atoms with Crippen molar-refractivity contribution in [2.24, 2.45) is 0 Å². The third-order valence-corrected chi connectivity index (χ3v) is 2.82. The first-order chi connectivity index (χ1) is 9.20. The number of benzene rings is 1. The molecular weight excluding hydrogens is 245 g/mol. The number of halogens is 1. The lowest BCUT2D eigenvalue weighted by Crippen LogP contribution is -2.01. The average molecular weight is 261 g/mol. The predicted octanol–water partition coefficient (Wildman–Crippen LogP) is 3.66. The SMILES string of the molecule is CCCCOC(=O)/C=C/c1c[nH]c2ccc(F)cc12. The number of unbranched alkanes of at least 4 members (excludes halogenated alkanes) is 1. The summed E-state index contributed by atoms with van der Waals surface area (Å²) in [5.41, 5.74) is 1.60. The van der Waals surface area contributed by atoms with Crippen molar-refractivity contribution in [2.45, 2.75) is 19.8 Å². The highest BCUT2D eigenvalue weighted by Crippen LogP contribution is 2.20. The van der Waals surface area contributed by atoms with E-state index < -0.39 is 0 Å². The molecule has 0 spiro atoms. The number of ether oxygens (including phenoxy) is 1. The number of aromatic amines is 1. The summed E-state index contributed by atoms with van der Waals surface area (Å²) in [4.78, 5) is 14.4. The smallest absolute Gasteiger partial charge is 0.330 e. The Bertz CT molecular complexity index is 601. The Morgan fingerprint density at radius 1 is 1.47 bits per heavy atom. The van der Waals surface area contributed by atoms with Gasteiger partial charge in [0.15, 0.2) is 0 Å². The summed E-state index contributed by atoms with van der Waals surface area (Å²) in [5, 5.41) is 0.748. The summed E-state index contributed by atoms with van der Waals surface area (Å²) in [6.45, 7) is 2.46. The van der Waals surface area contributed by atoms with Crippen LogP contribution in [0.25, 0.3) is 17.0 Å². The van der Waals surface area contributed by atoms with Crippen molar-refractivity contribution < 1.29 is 13.9 Å². The van der Waals surface area contributed by atoms with Crippen LogP contribution >= 0.6 is 0 Å². The number of rotatable bonds is 5. The van der Waals surface area contributed by atoms with Gasteiger partial charge in [-0.2, -0.15) is 0 Å². The van der Waals surface area contributed by atoms with Crippen molar-refractivity contribution in [1.29, 1.82) is 0 Å². The second-order valence-electron chi connectivity index (χ2n) is 4.29. The number of esters is 1. The van der Waals surface area contributed by atoms with Crippen LogP contribution in [-0.2, 0) is 9.53 Å². The third-order valence-electron chi connectivity index (χ3n) is 2.82. The summed E-state index contributed by atoms with van der Waals surface area (Å²) in [5.74, 6) is -0.675. The van der Waals surface area contributed by atoms with Gasteiger partial charge in [0.1, 0.15) is 5.82 Å². The van der Waals surface area contributed by atoms with E-state index >= 15 is 0 Å². The Hall–Kier alpha value is -2.10. The Morgan fingerprint density at radius 3 is 3.11 bits per heavy atom. The largest absolute Gasteiger partial charge is 0.463 e. The van der Waals surface area contributed by atoms with E-state index in [1.165, 1.54) is 18.2 Å². The lowest BCUT2D eigenvalue weighted by molar-refractivity contribution is -0.137. The average Bonchev–Trinajstić information content (AvgIpc) is 2.79. The molecule has 0 unspecified atom stereocenters. The minimum Gasteiger partial charge on any atom is -0.463 e. The van der Waals surface area contributed by atoms with Gasteiger partial charge in [-0.3, -0.25) is 0 Å². The first-order valence-electron chi connectivity index (χ1n) is 6.32. The molecule has 2 aromatic rings. The van der Waals surface area contributed by atoms with E-state index in [0.717, 1.165) is 29.3 Å². The van der Waals surface area contributed by atoms with E-state index in [2.05, 4.69) is 4.98 Å². The zero-order valence-electron chi connectivity index (χ0n) is 10.8. The lowest BCUT2D eigenvalue weighted by atomic mass is 10.1. The Morgan fingerprint density at radius 2 is 2.32 bits per heavy atom. The van der Waals surface area contributed by atoms with Crippen molar-refractivity contribution in [1.82, 2.24) is 4.98 Å². The zero-order chi connectivity index (χ0) is 13.7. The van der Waals surface area contributed by atoms with Crippen LogP contribution in [0.3, 0.4) is 0 Å². The molecule has 4 heteroatoms. The number of fused-ring (bicyclic) bond motifs is 1. The maximum Gasteiger partial charge on any atom is 0.330 e. The number of hydrogen-bond donors (Lipinski definition) is 1. The first kappa shape index (κ1) is 13.3. The van der Waals surface area contributed by atoms with Crippen LogP contribution in [0.15, 0.2) is 30.5 Å². The molecule has 0 atom stereocenters. The number of aromatic nitrogens is 1. The molecule has 100 valence electrons. The molecule has 0 aliphatic carbocycles. The van der Waals surface area contributed by atoms with Gasteiger partial charge in [-0.25, -0.2) is 9.18 Å². The van der Waals surface area contributed by atoms with Gasteiger partial charge in [-0.05, 0) is 30.7 Å². The van der Waals surface area contributed by atoms with E-state index in [1.54, 1.807) is 18.3 Å². The molecule has 0 aliphatic heterocycles. The Labute approximate surface area is 111 Å². The van der Waals surface area contributed by atoms with Crippen LogP contribution in [0.4, 0.5) is 4.39 Å². The van der Waals surface area contributed by atoms with Crippen molar-refractivity contribution in [2.75, 3.05) is 6.61 Å². The molecule has 0 aliphatic rings. The zero-order valence-corrected chi connectivity index (χ0v) is 10.8. The van der Waals surface area contributed by atoms with Crippen LogP contribution in [0.1, 0.15) is 25.3 Å². The van der Waals surface area contributed by atoms with Gasteiger partial charge in [0.05, 0.1) is 6.61 Å². The summed E-state index contributed by atoms with van der Waals surface area (Å²) in [6.07, 6.45) is 6.58. The minimum atomic E-state index is -0.376. The van der Waals surface area contributed by atoms with Gasteiger partial charge in [-0.1, -0.05) is 13.3 Å². The summed E-state index contributed by atoms with van der Waals surface area (Å²) >= 11 is 0. The number of H-pyrrole nitrogens is 1. The number of carbonyl (C=O) groups excluding carboxylic acids is 1. The summed E-state index contributed by atoms with van der Waals surface area (Å²) < 4.78 is 18.2. The molecule has 1 heterocycles. The maximum absolute atomic E-state index is 13.2. The highest BCUT2D eigenvalue weighted by atomic mass is 19.1. The van der Waals surface area contributed by atoms with Crippen LogP contribution in [0.2, 0.25) is 0 Å². The Balaban J connectivity index is 2.08. The van der Waals surface area contributed by atoms with E-state index in [1.807, 2.05) is 6.92 Å². The molecule has 0 radical (unpaired) electrons. The van der Waals surface area contributed by atoms with Crippen LogP contribution in [0.5, 0.6) is 0 Å². The molecule has 3 nitrogen and oxygen atoms in total. The monoisotopic (exact) mass is 261 g/mol. The maximum atomic E-state index is 13.2. The molecule has 0 fully saturated rings. The van der Waals surface area contributed by atoms with Crippen LogP contribution in [0, 0.1) is 5.82 Å². The van der Waals surface area contributed by atoms with Crippen molar-refractivity contribution in [3.63, 3.8) is 0 Å². The van der Waals surface area contributed by atoms with Crippen LogP contribution in [-0.4, -0.2) is 17.6 Å². The summed E-state index contributed by atoms with van der Waals surface area (Å²) in [7, 11) is 0. The van der Waals surface area contributed by atoms with Crippen molar-refractivity contribution in [3.8, 4) is 0 Å². The molecule has 1 N–H and O–H groups in total. The molecule has 1 aromatic carbocycles.